The third-order valence-electron chi connectivity index (χ3n) is 2.60. The minimum atomic E-state index is -0.747. The number of methoxy groups -OCH3 is 1. The van der Waals surface area contributed by atoms with Crippen molar-refractivity contribution in [3.63, 3.8) is 0 Å². The molecule has 0 aliphatic carbocycles. The first kappa shape index (κ1) is 13.1. The smallest absolute Gasteiger partial charge is 0.191 e. The Hall–Kier alpha value is -2.30. The fourth-order valence-electron chi connectivity index (χ4n) is 1.68. The van der Waals surface area contributed by atoms with Crippen LogP contribution in [-0.4, -0.2) is 7.11 Å². The lowest BCUT2D eigenvalue weighted by Crippen LogP contribution is -2.02. The molecule has 2 aromatic rings. The van der Waals surface area contributed by atoms with Crippen molar-refractivity contribution >= 4 is 5.69 Å². The molecular weight excluding hydrogens is 252 g/mol. The number of anilines is 1. The van der Waals surface area contributed by atoms with Gasteiger partial charge in [0, 0.05) is 11.3 Å². The molecule has 0 aliphatic heterocycles. The number of hydrogen-bond acceptors (Lipinski definition) is 3. The number of para-hydroxylation sites is 1. The fourth-order valence-corrected chi connectivity index (χ4v) is 1.68. The van der Waals surface area contributed by atoms with Crippen molar-refractivity contribution in [2.75, 3.05) is 12.8 Å². The number of ether oxygens (including phenoxy) is 2. The number of halogens is 2. The van der Waals surface area contributed by atoms with E-state index in [1.165, 1.54) is 13.2 Å². The molecule has 2 rings (SSSR count). The van der Waals surface area contributed by atoms with Gasteiger partial charge in [0.15, 0.2) is 17.4 Å². The van der Waals surface area contributed by atoms with Crippen LogP contribution in [0.3, 0.4) is 0 Å². The molecule has 2 N–H and O–H groups in total. The first-order chi connectivity index (χ1) is 9.11. The number of rotatable bonds is 4. The van der Waals surface area contributed by atoms with Crippen LogP contribution >= 0.6 is 0 Å². The Kier molecular flexibility index (Phi) is 3.85. The highest BCUT2D eigenvalue weighted by Gasteiger charge is 2.11. The summed E-state index contributed by atoms with van der Waals surface area (Å²) in [5, 5.41) is 0. The van der Waals surface area contributed by atoms with Gasteiger partial charge in [0.05, 0.1) is 7.11 Å². The molecule has 2 aromatic carbocycles. The summed E-state index contributed by atoms with van der Waals surface area (Å²) in [6.07, 6.45) is 0. The van der Waals surface area contributed by atoms with E-state index in [9.17, 15) is 8.78 Å². The lowest BCUT2D eigenvalue weighted by atomic mass is 10.2. The average molecular weight is 265 g/mol. The molecule has 0 aliphatic rings. The van der Waals surface area contributed by atoms with E-state index in [1.54, 1.807) is 18.2 Å². The van der Waals surface area contributed by atoms with Gasteiger partial charge < -0.3 is 15.2 Å². The van der Waals surface area contributed by atoms with Crippen LogP contribution in [0.2, 0.25) is 0 Å². The van der Waals surface area contributed by atoms with E-state index in [4.69, 9.17) is 15.2 Å². The molecule has 0 radical (unpaired) electrons. The fraction of sp³-hybridized carbons (Fsp3) is 0.143. The lowest BCUT2D eigenvalue weighted by Gasteiger charge is -2.12. The Morgan fingerprint density at radius 1 is 1.11 bits per heavy atom. The average Bonchev–Trinajstić information content (AvgIpc) is 2.38. The summed E-state index contributed by atoms with van der Waals surface area (Å²) in [6, 6.07) is 8.53. The van der Waals surface area contributed by atoms with Crippen LogP contribution < -0.4 is 15.2 Å². The zero-order chi connectivity index (χ0) is 13.8. The van der Waals surface area contributed by atoms with E-state index in [1.807, 2.05) is 0 Å². The topological polar surface area (TPSA) is 44.5 Å². The van der Waals surface area contributed by atoms with Crippen LogP contribution in [0.4, 0.5) is 14.5 Å². The summed E-state index contributed by atoms with van der Waals surface area (Å²) in [6.45, 7) is -0.0356. The van der Waals surface area contributed by atoms with Crippen molar-refractivity contribution < 1.29 is 18.3 Å². The molecule has 5 heteroatoms. The molecule has 0 saturated carbocycles. The third-order valence-corrected chi connectivity index (χ3v) is 2.60. The van der Waals surface area contributed by atoms with E-state index in [0.717, 1.165) is 12.1 Å². The van der Waals surface area contributed by atoms with Crippen LogP contribution in [0.15, 0.2) is 36.4 Å². The lowest BCUT2D eigenvalue weighted by molar-refractivity contribution is 0.268. The molecule has 0 heterocycles. The molecule has 0 amide bonds. The van der Waals surface area contributed by atoms with Crippen molar-refractivity contribution in [2.24, 2.45) is 0 Å². The first-order valence-electron chi connectivity index (χ1n) is 5.61. The highest BCUT2D eigenvalue weighted by Crippen LogP contribution is 2.26. The number of nitrogen functional groups attached to an aromatic ring is 1. The molecular formula is C14H13F2NO2. The molecule has 0 aromatic heterocycles. The predicted molar refractivity (Wildman–Crippen MR) is 68.1 cm³/mol. The molecule has 0 unspecified atom stereocenters. The van der Waals surface area contributed by atoms with Crippen LogP contribution in [0.25, 0.3) is 0 Å². The maximum absolute atomic E-state index is 13.4. The Labute approximate surface area is 109 Å². The monoisotopic (exact) mass is 265 g/mol. The third kappa shape index (κ3) is 2.93. The van der Waals surface area contributed by atoms with E-state index in [2.05, 4.69) is 0 Å². The number of hydrogen-bond donors (Lipinski definition) is 1. The van der Waals surface area contributed by atoms with Gasteiger partial charge in [-0.3, -0.25) is 0 Å². The summed E-state index contributed by atoms with van der Waals surface area (Å²) < 4.78 is 37.1. The largest absolute Gasteiger partial charge is 0.496 e. The van der Waals surface area contributed by atoms with E-state index < -0.39 is 17.4 Å². The normalized spacial score (nSPS) is 10.3. The molecule has 0 spiro atoms. The maximum Gasteiger partial charge on any atom is 0.191 e. The molecule has 0 fully saturated rings. The van der Waals surface area contributed by atoms with Gasteiger partial charge in [-0.15, -0.1) is 0 Å². The van der Waals surface area contributed by atoms with Crippen molar-refractivity contribution in [3.05, 3.63) is 53.6 Å². The van der Waals surface area contributed by atoms with Gasteiger partial charge in [0.2, 0.25) is 0 Å². The van der Waals surface area contributed by atoms with Crippen LogP contribution in [-0.2, 0) is 6.61 Å². The van der Waals surface area contributed by atoms with Gasteiger partial charge in [-0.05, 0) is 30.3 Å². The summed E-state index contributed by atoms with van der Waals surface area (Å²) in [5.41, 5.74) is 6.79. The van der Waals surface area contributed by atoms with Crippen LogP contribution in [0.1, 0.15) is 5.56 Å². The van der Waals surface area contributed by atoms with Gasteiger partial charge in [-0.2, -0.15) is 0 Å². The number of benzene rings is 2. The van der Waals surface area contributed by atoms with Gasteiger partial charge >= 0.3 is 0 Å². The maximum atomic E-state index is 13.4. The van der Waals surface area contributed by atoms with Gasteiger partial charge in [-0.1, -0.05) is 6.07 Å². The summed E-state index contributed by atoms with van der Waals surface area (Å²) >= 11 is 0. The summed E-state index contributed by atoms with van der Waals surface area (Å²) in [4.78, 5) is 0. The highest BCUT2D eigenvalue weighted by molar-refractivity contribution is 5.47. The zero-order valence-corrected chi connectivity index (χ0v) is 10.3. The van der Waals surface area contributed by atoms with Gasteiger partial charge in [0.1, 0.15) is 12.4 Å². The SMILES string of the molecule is COc1ccc(N)cc1COc1c(F)cccc1F. The van der Waals surface area contributed by atoms with Crippen molar-refractivity contribution in [1.82, 2.24) is 0 Å². The second-order valence-electron chi connectivity index (χ2n) is 3.91. The van der Waals surface area contributed by atoms with Gasteiger partial charge in [-0.25, -0.2) is 8.78 Å². The van der Waals surface area contributed by atoms with E-state index >= 15 is 0 Å². The summed E-state index contributed by atoms with van der Waals surface area (Å²) in [7, 11) is 1.50. The Morgan fingerprint density at radius 3 is 2.42 bits per heavy atom. The molecule has 3 nitrogen and oxygen atoms in total. The molecule has 0 atom stereocenters. The van der Waals surface area contributed by atoms with Crippen LogP contribution in [0.5, 0.6) is 11.5 Å². The number of nitrogens with two attached hydrogens (primary N) is 1. The highest BCUT2D eigenvalue weighted by atomic mass is 19.1. The second-order valence-corrected chi connectivity index (χ2v) is 3.91. The van der Waals surface area contributed by atoms with Crippen molar-refractivity contribution in [1.29, 1.82) is 0 Å². The second kappa shape index (κ2) is 5.56. The Bertz CT molecular complexity index is 567. The van der Waals surface area contributed by atoms with Crippen LogP contribution in [0, 0.1) is 11.6 Å². The minimum Gasteiger partial charge on any atom is -0.496 e. The Balaban J connectivity index is 2.21. The standard InChI is InChI=1S/C14H13F2NO2/c1-18-13-6-5-10(17)7-9(13)8-19-14-11(15)3-2-4-12(14)16/h2-7H,8,17H2,1H3. The van der Waals surface area contributed by atoms with Crippen molar-refractivity contribution in [2.45, 2.75) is 6.61 Å². The predicted octanol–water partition coefficient (Wildman–Crippen LogP) is 3.13. The zero-order valence-electron chi connectivity index (χ0n) is 10.3. The summed E-state index contributed by atoms with van der Waals surface area (Å²) in [5.74, 6) is -1.36. The van der Waals surface area contributed by atoms with E-state index in [-0.39, 0.29) is 6.61 Å². The van der Waals surface area contributed by atoms with E-state index in [0.29, 0.717) is 17.0 Å². The minimum absolute atomic E-state index is 0.0356. The Morgan fingerprint density at radius 2 is 1.79 bits per heavy atom. The quantitative estimate of drug-likeness (QED) is 0.864. The molecule has 100 valence electrons. The molecule has 0 saturated heterocycles. The first-order valence-corrected chi connectivity index (χ1v) is 5.61. The van der Waals surface area contributed by atoms with Gasteiger partial charge in [0.25, 0.3) is 0 Å². The molecule has 19 heavy (non-hydrogen) atoms. The van der Waals surface area contributed by atoms with Crippen molar-refractivity contribution in [3.8, 4) is 11.5 Å². The molecule has 0 bridgehead atoms.